The van der Waals surface area contributed by atoms with Gasteiger partial charge in [0, 0.05) is 17.9 Å². The first-order chi connectivity index (χ1) is 9.29. The van der Waals surface area contributed by atoms with Gasteiger partial charge in [-0.15, -0.1) is 11.3 Å². The lowest BCUT2D eigenvalue weighted by Gasteiger charge is -2.10. The van der Waals surface area contributed by atoms with Crippen LogP contribution in [0.3, 0.4) is 0 Å². The predicted molar refractivity (Wildman–Crippen MR) is 78.7 cm³/mol. The molecular formula is C14H19N3OS. The highest BCUT2D eigenvalue weighted by atomic mass is 32.1. The molecule has 1 aliphatic carbocycles. The molecule has 0 spiro atoms. The molecule has 2 aromatic heterocycles. The SMILES string of the molecule is CCOCCc1nc(N)c2c3c(sc2n1)CCCC3. The Hall–Kier alpha value is -1.20. The number of nitrogen functional groups attached to an aromatic ring is 1. The fourth-order valence-electron chi connectivity index (χ4n) is 2.65. The van der Waals surface area contributed by atoms with Crippen molar-refractivity contribution < 1.29 is 4.74 Å². The smallest absolute Gasteiger partial charge is 0.136 e. The quantitative estimate of drug-likeness (QED) is 0.873. The number of thiophene rings is 1. The van der Waals surface area contributed by atoms with Crippen LogP contribution in [0, 0.1) is 0 Å². The number of ether oxygens (including phenoxy) is 1. The van der Waals surface area contributed by atoms with Crippen molar-refractivity contribution in [1.82, 2.24) is 9.97 Å². The van der Waals surface area contributed by atoms with Crippen LogP contribution >= 0.6 is 11.3 Å². The lowest BCUT2D eigenvalue weighted by Crippen LogP contribution is -2.05. The first-order valence-electron chi connectivity index (χ1n) is 6.94. The molecule has 4 nitrogen and oxygen atoms in total. The minimum absolute atomic E-state index is 0.649. The highest BCUT2D eigenvalue weighted by Gasteiger charge is 2.19. The summed E-state index contributed by atoms with van der Waals surface area (Å²) in [6, 6.07) is 0. The Morgan fingerprint density at radius 1 is 1.26 bits per heavy atom. The van der Waals surface area contributed by atoms with Gasteiger partial charge in [-0.1, -0.05) is 0 Å². The first kappa shape index (κ1) is 12.8. The summed E-state index contributed by atoms with van der Waals surface area (Å²) in [5.41, 5.74) is 7.55. The minimum Gasteiger partial charge on any atom is -0.383 e. The second-order valence-corrected chi connectivity index (χ2v) is 5.95. The molecule has 0 amide bonds. The summed E-state index contributed by atoms with van der Waals surface area (Å²) in [4.78, 5) is 11.6. The van der Waals surface area contributed by atoms with E-state index < -0.39 is 0 Å². The molecule has 102 valence electrons. The van der Waals surface area contributed by atoms with Gasteiger partial charge in [-0.05, 0) is 38.2 Å². The zero-order valence-corrected chi connectivity index (χ0v) is 12.1. The number of fused-ring (bicyclic) bond motifs is 3. The maximum absolute atomic E-state index is 6.14. The van der Waals surface area contributed by atoms with Gasteiger partial charge in [-0.3, -0.25) is 0 Å². The van der Waals surface area contributed by atoms with E-state index >= 15 is 0 Å². The van der Waals surface area contributed by atoms with E-state index in [2.05, 4.69) is 9.97 Å². The van der Waals surface area contributed by atoms with Gasteiger partial charge >= 0.3 is 0 Å². The Balaban J connectivity index is 1.97. The van der Waals surface area contributed by atoms with Crippen LogP contribution < -0.4 is 5.73 Å². The summed E-state index contributed by atoms with van der Waals surface area (Å²) in [5.74, 6) is 1.45. The van der Waals surface area contributed by atoms with Gasteiger partial charge in [-0.25, -0.2) is 9.97 Å². The van der Waals surface area contributed by atoms with E-state index in [1.807, 2.05) is 6.92 Å². The molecule has 0 aromatic carbocycles. The molecule has 0 saturated heterocycles. The third-order valence-corrected chi connectivity index (χ3v) is 4.75. The van der Waals surface area contributed by atoms with Gasteiger partial charge in [-0.2, -0.15) is 0 Å². The third kappa shape index (κ3) is 2.44. The van der Waals surface area contributed by atoms with Crippen molar-refractivity contribution in [2.24, 2.45) is 0 Å². The zero-order chi connectivity index (χ0) is 13.2. The van der Waals surface area contributed by atoms with Crippen LogP contribution in [0.2, 0.25) is 0 Å². The first-order valence-corrected chi connectivity index (χ1v) is 7.75. The lowest BCUT2D eigenvalue weighted by atomic mass is 9.97. The van der Waals surface area contributed by atoms with Crippen LogP contribution in [0.5, 0.6) is 0 Å². The molecule has 1 aliphatic rings. The summed E-state index contributed by atoms with van der Waals surface area (Å²) in [7, 11) is 0. The molecule has 2 N–H and O–H groups in total. The highest BCUT2D eigenvalue weighted by Crippen LogP contribution is 2.37. The Bertz CT molecular complexity index is 594. The standard InChI is InChI=1S/C14H19N3OS/c1-2-18-8-7-11-16-13(15)12-9-5-3-4-6-10(9)19-14(12)17-11/h2-8H2,1H3,(H2,15,16,17). The Morgan fingerprint density at radius 3 is 2.95 bits per heavy atom. The molecule has 0 fully saturated rings. The van der Waals surface area contributed by atoms with Gasteiger partial charge in [0.05, 0.1) is 12.0 Å². The van der Waals surface area contributed by atoms with Gasteiger partial charge in [0.1, 0.15) is 16.5 Å². The number of nitrogens with two attached hydrogens (primary N) is 1. The third-order valence-electron chi connectivity index (χ3n) is 3.56. The number of aryl methyl sites for hydroxylation is 2. The molecule has 0 saturated carbocycles. The fraction of sp³-hybridized carbons (Fsp3) is 0.571. The van der Waals surface area contributed by atoms with Crippen LogP contribution in [0.15, 0.2) is 0 Å². The number of nitrogens with zero attached hydrogens (tertiary/aromatic N) is 2. The molecule has 0 unspecified atom stereocenters. The van der Waals surface area contributed by atoms with Crippen molar-refractivity contribution in [3.05, 3.63) is 16.3 Å². The molecule has 2 heterocycles. The molecule has 2 aromatic rings. The molecule has 0 bridgehead atoms. The molecule has 0 aliphatic heterocycles. The predicted octanol–water partition coefficient (Wildman–Crippen LogP) is 2.73. The van der Waals surface area contributed by atoms with Crippen molar-refractivity contribution in [3.8, 4) is 0 Å². The van der Waals surface area contributed by atoms with Gasteiger partial charge in [0.25, 0.3) is 0 Å². The van der Waals surface area contributed by atoms with E-state index in [9.17, 15) is 0 Å². The minimum atomic E-state index is 0.649. The van der Waals surface area contributed by atoms with Gasteiger partial charge < -0.3 is 10.5 Å². The maximum atomic E-state index is 6.14. The van der Waals surface area contributed by atoms with E-state index in [1.54, 1.807) is 11.3 Å². The van der Waals surface area contributed by atoms with E-state index in [-0.39, 0.29) is 0 Å². The summed E-state index contributed by atoms with van der Waals surface area (Å²) >= 11 is 1.80. The zero-order valence-electron chi connectivity index (χ0n) is 11.2. The molecule has 0 atom stereocenters. The van der Waals surface area contributed by atoms with Crippen molar-refractivity contribution in [3.63, 3.8) is 0 Å². The fourth-order valence-corrected chi connectivity index (χ4v) is 3.94. The molecular weight excluding hydrogens is 258 g/mol. The summed E-state index contributed by atoms with van der Waals surface area (Å²) < 4.78 is 5.35. The van der Waals surface area contributed by atoms with Crippen LogP contribution in [0.1, 0.15) is 36.0 Å². The second-order valence-electron chi connectivity index (χ2n) is 4.86. The van der Waals surface area contributed by atoms with Crippen LogP contribution in [0.25, 0.3) is 10.2 Å². The molecule has 19 heavy (non-hydrogen) atoms. The second kappa shape index (κ2) is 5.43. The van der Waals surface area contributed by atoms with Crippen molar-refractivity contribution in [2.75, 3.05) is 18.9 Å². The average molecular weight is 277 g/mol. The Morgan fingerprint density at radius 2 is 2.11 bits per heavy atom. The number of hydrogen-bond donors (Lipinski definition) is 1. The lowest BCUT2D eigenvalue weighted by molar-refractivity contribution is 0.149. The van der Waals surface area contributed by atoms with Gasteiger partial charge in [0.15, 0.2) is 0 Å². The normalized spacial score (nSPS) is 14.8. The number of rotatable bonds is 4. The van der Waals surface area contributed by atoms with E-state index in [1.165, 1.54) is 29.7 Å². The van der Waals surface area contributed by atoms with Crippen molar-refractivity contribution in [1.29, 1.82) is 0 Å². The largest absolute Gasteiger partial charge is 0.383 e. The molecule has 5 heteroatoms. The number of hydrogen-bond acceptors (Lipinski definition) is 5. The van der Waals surface area contributed by atoms with Crippen LogP contribution in [-0.4, -0.2) is 23.2 Å². The van der Waals surface area contributed by atoms with Crippen LogP contribution in [0.4, 0.5) is 5.82 Å². The monoisotopic (exact) mass is 277 g/mol. The van der Waals surface area contributed by atoms with E-state index in [0.29, 0.717) is 12.4 Å². The van der Waals surface area contributed by atoms with E-state index in [4.69, 9.17) is 10.5 Å². The van der Waals surface area contributed by atoms with E-state index in [0.717, 1.165) is 35.5 Å². The summed E-state index contributed by atoms with van der Waals surface area (Å²) in [6.07, 6.45) is 5.57. The molecule has 0 radical (unpaired) electrons. The summed E-state index contributed by atoms with van der Waals surface area (Å²) in [5, 5.41) is 1.11. The maximum Gasteiger partial charge on any atom is 0.136 e. The Labute approximate surface area is 117 Å². The number of aromatic nitrogens is 2. The highest BCUT2D eigenvalue weighted by molar-refractivity contribution is 7.19. The van der Waals surface area contributed by atoms with Gasteiger partial charge in [0.2, 0.25) is 0 Å². The van der Waals surface area contributed by atoms with Crippen molar-refractivity contribution >= 4 is 27.4 Å². The Kier molecular flexibility index (Phi) is 3.66. The topological polar surface area (TPSA) is 61.0 Å². The summed E-state index contributed by atoms with van der Waals surface area (Å²) in [6.45, 7) is 3.38. The van der Waals surface area contributed by atoms with Crippen molar-refractivity contribution in [2.45, 2.75) is 39.0 Å². The number of anilines is 1. The average Bonchev–Trinajstić information content (AvgIpc) is 2.77. The molecule has 3 rings (SSSR count). The van der Waals surface area contributed by atoms with Crippen LogP contribution in [-0.2, 0) is 24.0 Å².